The normalized spacial score (nSPS) is 17.3. The average Bonchev–Trinajstić information content (AvgIpc) is 3.35. The van der Waals surface area contributed by atoms with E-state index < -0.39 is 23.7 Å². The van der Waals surface area contributed by atoms with Gasteiger partial charge in [0.25, 0.3) is 5.78 Å². The third kappa shape index (κ3) is 3.87. The Kier molecular flexibility index (Phi) is 5.97. The number of hydrogen-bond acceptors (Lipinski definition) is 8. The second-order valence-corrected chi connectivity index (χ2v) is 8.19. The monoisotopic (exact) mass is 464 g/mol. The molecule has 3 aromatic rings. The number of aromatic nitrogens is 1. The standard InChI is InChI=1S/C24H20N2O6S/c1-13-21(23(30)32-3)33-24(25-13)26-18(14-7-5-4-6-8-14)17(20(28)22(26)29)19(27)15-9-11-16(31-2)12-10-15/h4-12,18,27H,1-3H3/b19-17+. The van der Waals surface area contributed by atoms with E-state index in [2.05, 4.69) is 4.98 Å². The van der Waals surface area contributed by atoms with Crippen LogP contribution in [0.3, 0.4) is 0 Å². The number of aryl methyl sites for hydroxylation is 1. The molecule has 1 saturated heterocycles. The molecule has 1 amide bonds. The summed E-state index contributed by atoms with van der Waals surface area (Å²) >= 11 is 0.955. The number of carbonyl (C=O) groups is 3. The Labute approximate surface area is 193 Å². The lowest BCUT2D eigenvalue weighted by Gasteiger charge is -2.23. The number of thiazole rings is 1. The number of amides is 1. The van der Waals surface area contributed by atoms with Gasteiger partial charge in [0.2, 0.25) is 0 Å². The van der Waals surface area contributed by atoms with Gasteiger partial charge in [-0.3, -0.25) is 14.5 Å². The van der Waals surface area contributed by atoms with Gasteiger partial charge in [-0.05, 0) is 36.8 Å². The number of ketones is 1. The summed E-state index contributed by atoms with van der Waals surface area (Å²) in [5.41, 5.74) is 1.29. The first kappa shape index (κ1) is 22.2. The molecule has 1 atom stereocenters. The molecule has 0 radical (unpaired) electrons. The zero-order valence-corrected chi connectivity index (χ0v) is 18.9. The van der Waals surface area contributed by atoms with Crippen molar-refractivity contribution < 1.29 is 29.0 Å². The number of benzene rings is 2. The molecule has 4 rings (SSSR count). The van der Waals surface area contributed by atoms with E-state index in [0.29, 0.717) is 22.6 Å². The predicted octanol–water partition coefficient (Wildman–Crippen LogP) is 3.87. The van der Waals surface area contributed by atoms with Gasteiger partial charge in [-0.25, -0.2) is 9.78 Å². The Bertz CT molecular complexity index is 1260. The number of nitrogens with zero attached hydrogens (tertiary/aromatic N) is 2. The Morgan fingerprint density at radius 3 is 2.33 bits per heavy atom. The lowest BCUT2D eigenvalue weighted by molar-refractivity contribution is -0.132. The van der Waals surface area contributed by atoms with Gasteiger partial charge < -0.3 is 14.6 Å². The lowest BCUT2D eigenvalue weighted by Crippen LogP contribution is -2.29. The summed E-state index contributed by atoms with van der Waals surface area (Å²) in [5.74, 6) is -2.00. The van der Waals surface area contributed by atoms with E-state index in [0.717, 1.165) is 11.3 Å². The third-order valence-electron chi connectivity index (χ3n) is 5.29. The number of hydrogen-bond donors (Lipinski definition) is 1. The van der Waals surface area contributed by atoms with Crippen LogP contribution in [-0.2, 0) is 14.3 Å². The van der Waals surface area contributed by atoms with E-state index in [1.54, 1.807) is 55.5 Å². The molecule has 2 aromatic carbocycles. The van der Waals surface area contributed by atoms with Crippen molar-refractivity contribution in [2.24, 2.45) is 0 Å². The van der Waals surface area contributed by atoms with Crippen LogP contribution in [0, 0.1) is 6.92 Å². The number of anilines is 1. The maximum Gasteiger partial charge on any atom is 0.350 e. The summed E-state index contributed by atoms with van der Waals surface area (Å²) in [6, 6.07) is 14.4. The van der Waals surface area contributed by atoms with Gasteiger partial charge in [0.15, 0.2) is 5.13 Å². The lowest BCUT2D eigenvalue weighted by atomic mass is 9.95. The molecule has 0 spiro atoms. The van der Waals surface area contributed by atoms with E-state index in [-0.39, 0.29) is 21.3 Å². The first-order chi connectivity index (χ1) is 15.9. The van der Waals surface area contributed by atoms with Gasteiger partial charge in [0.1, 0.15) is 16.4 Å². The fraction of sp³-hybridized carbons (Fsp3) is 0.167. The summed E-state index contributed by atoms with van der Waals surface area (Å²) in [6.07, 6.45) is 0. The molecule has 1 unspecified atom stereocenters. The number of carbonyl (C=O) groups excluding carboxylic acids is 3. The van der Waals surface area contributed by atoms with Gasteiger partial charge in [-0.1, -0.05) is 41.7 Å². The van der Waals surface area contributed by atoms with E-state index in [9.17, 15) is 19.5 Å². The molecular formula is C24H20N2O6S. The van der Waals surface area contributed by atoms with Crippen LogP contribution in [0.4, 0.5) is 5.13 Å². The van der Waals surface area contributed by atoms with Crippen molar-refractivity contribution in [3.8, 4) is 5.75 Å². The Morgan fingerprint density at radius 1 is 1.06 bits per heavy atom. The van der Waals surface area contributed by atoms with Crippen molar-refractivity contribution >= 4 is 39.9 Å². The maximum absolute atomic E-state index is 13.2. The van der Waals surface area contributed by atoms with Gasteiger partial charge >= 0.3 is 11.9 Å². The van der Waals surface area contributed by atoms with Crippen LogP contribution in [0.2, 0.25) is 0 Å². The van der Waals surface area contributed by atoms with Crippen molar-refractivity contribution in [1.29, 1.82) is 0 Å². The fourth-order valence-electron chi connectivity index (χ4n) is 3.65. The Hall–Kier alpha value is -3.98. The van der Waals surface area contributed by atoms with Crippen molar-refractivity contribution in [2.75, 3.05) is 19.1 Å². The molecule has 1 aliphatic rings. The third-order valence-corrected chi connectivity index (χ3v) is 6.42. The zero-order valence-electron chi connectivity index (χ0n) is 18.1. The highest BCUT2D eigenvalue weighted by Gasteiger charge is 2.48. The molecule has 8 nitrogen and oxygen atoms in total. The van der Waals surface area contributed by atoms with Crippen LogP contribution >= 0.6 is 11.3 Å². The summed E-state index contributed by atoms with van der Waals surface area (Å²) in [6.45, 7) is 1.62. The molecule has 168 valence electrons. The average molecular weight is 464 g/mol. The summed E-state index contributed by atoms with van der Waals surface area (Å²) in [7, 11) is 2.78. The van der Waals surface area contributed by atoms with Gasteiger partial charge in [0.05, 0.1) is 31.5 Å². The largest absolute Gasteiger partial charge is 0.507 e. The Balaban J connectivity index is 1.90. The van der Waals surface area contributed by atoms with Crippen molar-refractivity contribution in [1.82, 2.24) is 4.98 Å². The zero-order chi connectivity index (χ0) is 23.7. The maximum atomic E-state index is 13.2. The summed E-state index contributed by atoms with van der Waals surface area (Å²) in [5, 5.41) is 11.3. The predicted molar refractivity (Wildman–Crippen MR) is 122 cm³/mol. The van der Waals surface area contributed by atoms with Crippen LogP contribution in [0.15, 0.2) is 60.2 Å². The minimum atomic E-state index is -0.927. The highest BCUT2D eigenvalue weighted by molar-refractivity contribution is 7.17. The number of ether oxygens (including phenoxy) is 2. The number of esters is 1. The van der Waals surface area contributed by atoms with Crippen LogP contribution in [0.5, 0.6) is 5.75 Å². The number of methoxy groups -OCH3 is 2. The minimum absolute atomic E-state index is 0.0659. The van der Waals surface area contributed by atoms with E-state index in [1.165, 1.54) is 19.1 Å². The van der Waals surface area contributed by atoms with E-state index in [4.69, 9.17) is 9.47 Å². The van der Waals surface area contributed by atoms with Gasteiger partial charge in [-0.15, -0.1) is 0 Å². The van der Waals surface area contributed by atoms with Crippen molar-refractivity contribution in [3.05, 3.63) is 81.9 Å². The number of rotatable bonds is 5. The highest BCUT2D eigenvalue weighted by Crippen LogP contribution is 2.43. The van der Waals surface area contributed by atoms with E-state index >= 15 is 0 Å². The van der Waals surface area contributed by atoms with Crippen molar-refractivity contribution in [3.63, 3.8) is 0 Å². The van der Waals surface area contributed by atoms with E-state index in [1.807, 2.05) is 6.07 Å². The SMILES string of the molecule is COC(=O)c1sc(N2C(=O)C(=O)/C(=C(/O)c3ccc(OC)cc3)C2c2ccccc2)nc1C. The molecule has 9 heteroatoms. The second-order valence-electron chi connectivity index (χ2n) is 7.21. The molecule has 1 aromatic heterocycles. The Morgan fingerprint density at radius 2 is 1.73 bits per heavy atom. The first-order valence-corrected chi connectivity index (χ1v) is 10.7. The molecular weight excluding hydrogens is 444 g/mol. The second kappa shape index (κ2) is 8.87. The van der Waals surface area contributed by atoms with Crippen LogP contribution in [0.1, 0.15) is 32.5 Å². The number of Topliss-reactive ketones (excluding diaryl/α,β-unsaturated/α-hetero) is 1. The van der Waals surface area contributed by atoms with Crippen LogP contribution in [-0.4, -0.2) is 42.0 Å². The summed E-state index contributed by atoms with van der Waals surface area (Å²) < 4.78 is 9.94. The molecule has 33 heavy (non-hydrogen) atoms. The number of aliphatic hydroxyl groups is 1. The topological polar surface area (TPSA) is 106 Å². The minimum Gasteiger partial charge on any atom is -0.507 e. The van der Waals surface area contributed by atoms with Gasteiger partial charge in [0, 0.05) is 5.56 Å². The molecule has 0 bridgehead atoms. The summed E-state index contributed by atoms with van der Waals surface area (Å²) in [4.78, 5) is 44.2. The van der Waals surface area contributed by atoms with Crippen molar-refractivity contribution in [2.45, 2.75) is 13.0 Å². The van der Waals surface area contributed by atoms with Gasteiger partial charge in [-0.2, -0.15) is 0 Å². The fourth-order valence-corrected chi connectivity index (χ4v) is 4.66. The smallest absolute Gasteiger partial charge is 0.350 e. The molecule has 1 fully saturated rings. The molecule has 2 heterocycles. The molecule has 1 aliphatic heterocycles. The quantitative estimate of drug-likeness (QED) is 0.264. The molecule has 0 saturated carbocycles. The molecule has 1 N–H and O–H groups in total. The highest BCUT2D eigenvalue weighted by atomic mass is 32.1. The number of aliphatic hydroxyl groups excluding tert-OH is 1. The molecule has 0 aliphatic carbocycles. The van der Waals surface area contributed by atoms with Crippen LogP contribution < -0.4 is 9.64 Å². The van der Waals surface area contributed by atoms with Crippen LogP contribution in [0.25, 0.3) is 5.76 Å². The first-order valence-electron chi connectivity index (χ1n) is 9.93.